The molecular weight excluding hydrogens is 182 g/mol. The van der Waals surface area contributed by atoms with E-state index in [-0.39, 0.29) is 31.8 Å². The first kappa shape index (κ1) is 10.5. The van der Waals surface area contributed by atoms with Crippen molar-refractivity contribution in [2.75, 3.05) is 6.61 Å². The van der Waals surface area contributed by atoms with E-state index in [0.29, 0.717) is 6.61 Å². The first-order valence-corrected chi connectivity index (χ1v) is 5.09. The van der Waals surface area contributed by atoms with Crippen LogP contribution < -0.4 is 0 Å². The summed E-state index contributed by atoms with van der Waals surface area (Å²) < 4.78 is 22.3. The summed E-state index contributed by atoms with van der Waals surface area (Å²) in [7, 11) is -0.751. The number of hydrogen-bond donors (Lipinski definition) is 0. The molecule has 0 N–H and O–H groups in total. The van der Waals surface area contributed by atoms with E-state index in [1.54, 1.807) is 0 Å². The summed E-state index contributed by atoms with van der Waals surface area (Å²) in [5.41, 5.74) is -0.261. The third-order valence-electron chi connectivity index (χ3n) is 2.82. The maximum Gasteiger partial charge on any atom is 0.488 e. The van der Waals surface area contributed by atoms with Crippen molar-refractivity contribution in [3.05, 3.63) is 0 Å². The Kier molecular flexibility index (Phi) is 2.64. The minimum Gasteiger partial charge on any atom is -0.411 e. The minimum absolute atomic E-state index is 0.0654. The summed E-state index contributed by atoms with van der Waals surface area (Å²) in [6.45, 7) is 8.61. The Morgan fingerprint density at radius 2 is 1.86 bits per heavy atom. The van der Waals surface area contributed by atoms with Gasteiger partial charge in [0.2, 0.25) is 0 Å². The normalized spacial score (nSPS) is 36.9. The van der Waals surface area contributed by atoms with Crippen LogP contribution in [-0.2, 0) is 18.6 Å². The Labute approximate surface area is 85.5 Å². The van der Waals surface area contributed by atoms with Crippen molar-refractivity contribution < 1.29 is 18.6 Å². The highest BCUT2D eigenvalue weighted by molar-refractivity contribution is 7.11. The van der Waals surface area contributed by atoms with Gasteiger partial charge in [0.25, 0.3) is 0 Å². The fourth-order valence-electron chi connectivity index (χ4n) is 1.59. The van der Waals surface area contributed by atoms with Gasteiger partial charge in [-0.3, -0.25) is 0 Å². The van der Waals surface area contributed by atoms with Crippen molar-refractivity contribution in [1.29, 1.82) is 0 Å². The molecule has 0 aromatic carbocycles. The zero-order chi connectivity index (χ0) is 10.3. The number of hydrogen-bond acceptors (Lipinski definition) is 4. The molecule has 78 valence electrons. The highest BCUT2D eigenvalue weighted by Gasteiger charge is 2.53. The van der Waals surface area contributed by atoms with E-state index in [1.807, 2.05) is 27.7 Å². The molecule has 0 spiro atoms. The van der Waals surface area contributed by atoms with E-state index in [9.17, 15) is 0 Å². The van der Waals surface area contributed by atoms with Crippen LogP contribution in [-0.4, -0.2) is 38.4 Å². The average Bonchev–Trinajstić information content (AvgIpc) is 2.58. The second-order valence-corrected chi connectivity index (χ2v) is 4.52. The van der Waals surface area contributed by atoms with Crippen molar-refractivity contribution >= 4 is 14.0 Å². The maximum absolute atomic E-state index is 5.72. The zero-order valence-corrected chi connectivity index (χ0v) is 9.15. The molecule has 2 rings (SSSR count). The van der Waals surface area contributed by atoms with Crippen molar-refractivity contribution in [3.63, 3.8) is 0 Å². The molecule has 6 heteroatoms. The molecule has 0 bridgehead atoms. The van der Waals surface area contributed by atoms with Crippen LogP contribution in [0.2, 0.25) is 0 Å². The van der Waals surface area contributed by atoms with Crippen LogP contribution in [0, 0.1) is 0 Å². The van der Waals surface area contributed by atoms with Crippen molar-refractivity contribution in [2.45, 2.75) is 45.5 Å². The summed E-state index contributed by atoms with van der Waals surface area (Å²) in [6.07, 6.45) is 0.196. The van der Waals surface area contributed by atoms with Gasteiger partial charge in [-0.1, -0.05) is 0 Å². The molecule has 2 fully saturated rings. The minimum atomic E-state index is -0.384. The molecule has 14 heavy (non-hydrogen) atoms. The van der Waals surface area contributed by atoms with Crippen LogP contribution >= 0.6 is 0 Å². The molecule has 0 unspecified atom stereocenters. The molecule has 2 atom stereocenters. The molecule has 4 nitrogen and oxygen atoms in total. The summed E-state index contributed by atoms with van der Waals surface area (Å²) in [5.74, 6) is 0. The molecular formula is C8H16B2O4. The second kappa shape index (κ2) is 3.52. The van der Waals surface area contributed by atoms with Gasteiger partial charge in [-0.25, -0.2) is 0 Å². The van der Waals surface area contributed by atoms with E-state index in [2.05, 4.69) is 0 Å². The Hall–Kier alpha value is -0.0301. The quantitative estimate of drug-likeness (QED) is 0.580. The van der Waals surface area contributed by atoms with Crippen molar-refractivity contribution in [1.82, 2.24) is 0 Å². The van der Waals surface area contributed by atoms with E-state index < -0.39 is 0 Å². The third-order valence-corrected chi connectivity index (χ3v) is 2.82. The third kappa shape index (κ3) is 1.84. The molecule has 0 aromatic rings. The average molecular weight is 198 g/mol. The Balaban J connectivity index is 1.95. The van der Waals surface area contributed by atoms with Gasteiger partial charge in [-0.2, -0.15) is 0 Å². The summed E-state index contributed by atoms with van der Waals surface area (Å²) in [6, 6.07) is 0. The fourth-order valence-corrected chi connectivity index (χ4v) is 1.59. The predicted octanol–water partition coefficient (Wildman–Crippen LogP) is 0.690. The summed E-state index contributed by atoms with van der Waals surface area (Å²) in [4.78, 5) is 0. The van der Waals surface area contributed by atoms with Gasteiger partial charge in [0.15, 0.2) is 0 Å². The van der Waals surface area contributed by atoms with E-state index in [4.69, 9.17) is 18.6 Å². The van der Waals surface area contributed by atoms with Gasteiger partial charge in [-0.15, -0.1) is 0 Å². The molecule has 0 amide bonds. The van der Waals surface area contributed by atoms with Gasteiger partial charge in [0, 0.05) is 0 Å². The van der Waals surface area contributed by atoms with Crippen LogP contribution in [0.4, 0.5) is 0 Å². The molecule has 0 radical (unpaired) electrons. The Bertz CT molecular complexity index is 223. The van der Waals surface area contributed by atoms with E-state index in [0.717, 1.165) is 0 Å². The van der Waals surface area contributed by atoms with Crippen LogP contribution in [0.1, 0.15) is 27.7 Å². The van der Waals surface area contributed by atoms with Crippen LogP contribution in [0.15, 0.2) is 0 Å². The van der Waals surface area contributed by atoms with Gasteiger partial charge in [-0.05, 0) is 27.7 Å². The molecule has 0 aromatic heterocycles. The standard InChI is InChI=1S/C8H16B2O4/c1-6-5-11-9(12-6)10-13-7(2)8(3,4)14-10/h6-7H,5H2,1-4H3/t6-,7-/m1/s1. The molecule has 2 aliphatic heterocycles. The molecule has 2 aliphatic rings. The second-order valence-electron chi connectivity index (χ2n) is 4.52. The first-order valence-electron chi connectivity index (χ1n) is 5.09. The number of rotatable bonds is 1. The van der Waals surface area contributed by atoms with E-state index >= 15 is 0 Å². The monoisotopic (exact) mass is 198 g/mol. The Morgan fingerprint density at radius 1 is 1.14 bits per heavy atom. The smallest absolute Gasteiger partial charge is 0.411 e. The lowest BCUT2D eigenvalue weighted by molar-refractivity contribution is 0.0841. The largest absolute Gasteiger partial charge is 0.488 e. The zero-order valence-electron chi connectivity index (χ0n) is 9.15. The van der Waals surface area contributed by atoms with Crippen molar-refractivity contribution in [3.8, 4) is 0 Å². The maximum atomic E-state index is 5.72. The van der Waals surface area contributed by atoms with Gasteiger partial charge >= 0.3 is 14.0 Å². The van der Waals surface area contributed by atoms with Crippen LogP contribution in [0.25, 0.3) is 0 Å². The molecule has 0 aliphatic carbocycles. The predicted molar refractivity (Wildman–Crippen MR) is 53.7 cm³/mol. The first-order chi connectivity index (χ1) is 6.49. The van der Waals surface area contributed by atoms with Crippen molar-refractivity contribution in [2.24, 2.45) is 0 Å². The van der Waals surface area contributed by atoms with Gasteiger partial charge in [0.05, 0.1) is 24.4 Å². The summed E-state index contributed by atoms with van der Waals surface area (Å²) >= 11 is 0. The lowest BCUT2D eigenvalue weighted by Crippen LogP contribution is -2.40. The Morgan fingerprint density at radius 3 is 2.29 bits per heavy atom. The van der Waals surface area contributed by atoms with Gasteiger partial charge < -0.3 is 18.6 Å². The molecule has 2 heterocycles. The highest BCUT2D eigenvalue weighted by Crippen LogP contribution is 2.29. The molecule has 0 saturated carbocycles. The highest BCUT2D eigenvalue weighted by atomic mass is 16.7. The summed E-state index contributed by atoms with van der Waals surface area (Å²) in [5, 5.41) is 0. The SMILES string of the molecule is C[C@@H]1COB(B2O[C@H](C)C(C)(C)O2)O1. The van der Waals surface area contributed by atoms with E-state index in [1.165, 1.54) is 0 Å². The van der Waals surface area contributed by atoms with Gasteiger partial charge in [0.1, 0.15) is 0 Å². The lowest BCUT2D eigenvalue weighted by atomic mass is 9.49. The lowest BCUT2D eigenvalue weighted by Gasteiger charge is -2.21. The topological polar surface area (TPSA) is 36.9 Å². The fraction of sp³-hybridized carbons (Fsp3) is 1.00. The van der Waals surface area contributed by atoms with Crippen LogP contribution in [0.3, 0.4) is 0 Å². The molecule has 2 saturated heterocycles. The van der Waals surface area contributed by atoms with Crippen LogP contribution in [0.5, 0.6) is 0 Å².